The van der Waals surface area contributed by atoms with E-state index in [0.29, 0.717) is 16.4 Å². The number of amides is 1. The van der Waals surface area contributed by atoms with Crippen LogP contribution in [0.5, 0.6) is 0 Å². The van der Waals surface area contributed by atoms with E-state index in [1.807, 2.05) is 5.32 Å². The molecule has 0 aliphatic rings. The van der Waals surface area contributed by atoms with Crippen LogP contribution in [0.3, 0.4) is 0 Å². The lowest BCUT2D eigenvalue weighted by molar-refractivity contribution is -0.143. The van der Waals surface area contributed by atoms with E-state index in [0.717, 1.165) is 5.56 Å². The third-order valence-electron chi connectivity index (χ3n) is 5.21. The third-order valence-corrected chi connectivity index (χ3v) is 7.60. The first-order valence-electron chi connectivity index (χ1n) is 10.6. The van der Waals surface area contributed by atoms with Crippen LogP contribution in [0.1, 0.15) is 22.3 Å². The molecule has 0 unspecified atom stereocenters. The molecule has 0 saturated heterocycles. The summed E-state index contributed by atoms with van der Waals surface area (Å²) in [6.45, 7) is 0.322. The molecule has 1 N–H and O–H groups in total. The minimum absolute atomic E-state index is 0.0784. The highest BCUT2D eigenvalue weighted by molar-refractivity contribution is 7.89. The SMILES string of the molecule is Cc1ccc(S(=O)(=O)N(CC(=O)Nc2cc(C(F)(F)F)cc(C(F)(F)F)c2)Cc2ccc(Cl)cc2Cl)cc1. The highest BCUT2D eigenvalue weighted by Crippen LogP contribution is 2.37. The summed E-state index contributed by atoms with van der Waals surface area (Å²) >= 11 is 12.0. The van der Waals surface area contributed by atoms with Crippen LogP contribution in [0.4, 0.5) is 32.0 Å². The number of sulfonamides is 1. The Labute approximate surface area is 224 Å². The maximum atomic E-state index is 13.4. The molecule has 1 amide bonds. The van der Waals surface area contributed by atoms with E-state index in [1.165, 1.54) is 42.5 Å². The van der Waals surface area contributed by atoms with E-state index in [9.17, 15) is 39.6 Å². The molecule has 0 spiro atoms. The van der Waals surface area contributed by atoms with Gasteiger partial charge in [-0.25, -0.2) is 8.42 Å². The van der Waals surface area contributed by atoms with E-state index >= 15 is 0 Å². The lowest BCUT2D eigenvalue weighted by Gasteiger charge is -2.23. The second-order valence-corrected chi connectivity index (χ2v) is 10.9. The minimum atomic E-state index is -5.13. The fraction of sp³-hybridized carbons (Fsp3) is 0.208. The van der Waals surface area contributed by atoms with Crippen molar-refractivity contribution >= 4 is 44.8 Å². The number of halogens is 8. The maximum Gasteiger partial charge on any atom is 0.416 e. The van der Waals surface area contributed by atoms with Gasteiger partial charge in [-0.1, -0.05) is 47.0 Å². The number of anilines is 1. The molecule has 3 rings (SSSR count). The van der Waals surface area contributed by atoms with Crippen molar-refractivity contribution in [2.24, 2.45) is 0 Å². The summed E-state index contributed by atoms with van der Waals surface area (Å²) in [5, 5.41) is 2.28. The molecule has 0 aliphatic heterocycles. The molecule has 0 radical (unpaired) electrons. The van der Waals surface area contributed by atoms with Gasteiger partial charge in [-0.05, 0) is 55.0 Å². The lowest BCUT2D eigenvalue weighted by Crippen LogP contribution is -2.37. The first-order valence-corrected chi connectivity index (χ1v) is 12.8. The topological polar surface area (TPSA) is 66.5 Å². The molecule has 3 aromatic rings. The molecule has 38 heavy (non-hydrogen) atoms. The zero-order chi connectivity index (χ0) is 28.5. The smallest absolute Gasteiger partial charge is 0.325 e. The summed E-state index contributed by atoms with van der Waals surface area (Å²) in [4.78, 5) is 12.6. The molecule has 0 bridgehead atoms. The predicted octanol–water partition coefficient (Wildman–Crippen LogP) is 7.17. The number of carbonyl (C=O) groups is 1. The number of hydrogen-bond donors (Lipinski definition) is 1. The Morgan fingerprint density at radius 2 is 1.42 bits per heavy atom. The first kappa shape index (κ1) is 29.8. The molecular weight excluding hydrogens is 581 g/mol. The Kier molecular flexibility index (Phi) is 8.71. The summed E-state index contributed by atoms with van der Waals surface area (Å²) in [6.07, 6.45) is -10.3. The van der Waals surface area contributed by atoms with E-state index in [4.69, 9.17) is 23.2 Å². The Balaban J connectivity index is 1.97. The number of hydrogen-bond acceptors (Lipinski definition) is 3. The van der Waals surface area contributed by atoms with Crippen LogP contribution >= 0.6 is 23.2 Å². The van der Waals surface area contributed by atoms with Gasteiger partial charge < -0.3 is 5.32 Å². The van der Waals surface area contributed by atoms with E-state index in [1.54, 1.807) is 6.92 Å². The molecular formula is C24H18Cl2F6N2O3S. The summed E-state index contributed by atoms with van der Waals surface area (Å²) < 4.78 is 106. The Bertz CT molecular complexity index is 1410. The summed E-state index contributed by atoms with van der Waals surface area (Å²) in [6, 6.07) is 10.4. The molecule has 3 aromatic carbocycles. The minimum Gasteiger partial charge on any atom is -0.325 e. The largest absolute Gasteiger partial charge is 0.416 e. The molecule has 0 saturated carbocycles. The lowest BCUT2D eigenvalue weighted by atomic mass is 10.1. The number of nitrogens with zero attached hydrogens (tertiary/aromatic N) is 1. The first-order chi connectivity index (χ1) is 17.5. The Morgan fingerprint density at radius 3 is 1.92 bits per heavy atom. The third kappa shape index (κ3) is 7.40. The zero-order valence-corrected chi connectivity index (χ0v) is 21.6. The van der Waals surface area contributed by atoms with Gasteiger partial charge in [0.15, 0.2) is 0 Å². The molecule has 0 fully saturated rings. The van der Waals surface area contributed by atoms with E-state index in [-0.39, 0.29) is 26.6 Å². The van der Waals surface area contributed by atoms with Crippen LogP contribution in [0.2, 0.25) is 10.0 Å². The number of benzene rings is 3. The molecule has 5 nitrogen and oxygen atoms in total. The van der Waals surface area contributed by atoms with Crippen molar-refractivity contribution in [1.82, 2.24) is 4.31 Å². The van der Waals surface area contributed by atoms with Gasteiger partial charge >= 0.3 is 12.4 Å². The van der Waals surface area contributed by atoms with Crippen molar-refractivity contribution in [2.45, 2.75) is 30.7 Å². The zero-order valence-electron chi connectivity index (χ0n) is 19.3. The van der Waals surface area contributed by atoms with Crippen LogP contribution in [0.25, 0.3) is 0 Å². The molecule has 0 aromatic heterocycles. The number of rotatable bonds is 7. The van der Waals surface area contributed by atoms with Crippen molar-refractivity contribution in [2.75, 3.05) is 11.9 Å². The van der Waals surface area contributed by atoms with E-state index < -0.39 is 58.2 Å². The van der Waals surface area contributed by atoms with Gasteiger partial charge in [0.25, 0.3) is 0 Å². The van der Waals surface area contributed by atoms with Gasteiger partial charge in [0.05, 0.1) is 22.6 Å². The number of nitrogens with one attached hydrogen (secondary N) is 1. The standard InChI is InChI=1S/C24H18Cl2F6N2O3S/c1-14-2-6-20(7-3-14)38(36,37)34(12-15-4-5-18(25)11-21(15)26)13-22(35)33-19-9-16(23(27,28)29)8-17(10-19)24(30,31)32/h2-11H,12-13H2,1H3,(H,33,35). The van der Waals surface area contributed by atoms with Crippen LogP contribution in [0.15, 0.2) is 65.6 Å². The monoisotopic (exact) mass is 598 g/mol. The van der Waals surface area contributed by atoms with Crippen LogP contribution < -0.4 is 5.32 Å². The highest BCUT2D eigenvalue weighted by atomic mass is 35.5. The van der Waals surface area contributed by atoms with Crippen molar-refractivity contribution in [3.05, 3.63) is 93.0 Å². The molecule has 204 valence electrons. The van der Waals surface area contributed by atoms with Crippen LogP contribution in [-0.2, 0) is 33.7 Å². The average Bonchev–Trinajstić information content (AvgIpc) is 2.79. The number of aryl methyl sites for hydroxylation is 1. The Hall–Kier alpha value is -2.80. The molecule has 0 atom stereocenters. The predicted molar refractivity (Wildman–Crippen MR) is 130 cm³/mol. The Morgan fingerprint density at radius 1 is 0.868 bits per heavy atom. The quantitative estimate of drug-likeness (QED) is 0.293. The van der Waals surface area contributed by atoms with Gasteiger partial charge in [-0.3, -0.25) is 4.79 Å². The van der Waals surface area contributed by atoms with Gasteiger partial charge in [0.2, 0.25) is 15.9 Å². The van der Waals surface area contributed by atoms with Crippen molar-refractivity contribution < 1.29 is 39.6 Å². The van der Waals surface area contributed by atoms with Gasteiger partial charge in [-0.2, -0.15) is 30.6 Å². The normalized spacial score (nSPS) is 12.6. The molecule has 0 heterocycles. The summed E-state index contributed by atoms with van der Waals surface area (Å²) in [5.74, 6) is -1.18. The fourth-order valence-corrected chi connectivity index (χ4v) is 5.16. The van der Waals surface area contributed by atoms with Gasteiger partial charge in [0.1, 0.15) is 0 Å². The second kappa shape index (κ2) is 11.1. The summed E-state index contributed by atoms with van der Waals surface area (Å²) in [5.41, 5.74) is -3.09. The second-order valence-electron chi connectivity index (χ2n) is 8.16. The van der Waals surface area contributed by atoms with Gasteiger partial charge in [0, 0.05) is 22.3 Å². The van der Waals surface area contributed by atoms with E-state index in [2.05, 4.69) is 0 Å². The summed E-state index contributed by atoms with van der Waals surface area (Å²) in [7, 11) is -4.37. The average molecular weight is 599 g/mol. The number of carbonyl (C=O) groups excluding carboxylic acids is 1. The molecule has 14 heteroatoms. The van der Waals surface area contributed by atoms with Crippen LogP contribution in [0, 0.1) is 6.92 Å². The fourth-order valence-electron chi connectivity index (χ4n) is 3.31. The maximum absolute atomic E-state index is 13.4. The van der Waals surface area contributed by atoms with Crippen LogP contribution in [-0.4, -0.2) is 25.2 Å². The molecule has 0 aliphatic carbocycles. The van der Waals surface area contributed by atoms with Crippen molar-refractivity contribution in [3.8, 4) is 0 Å². The number of alkyl halides is 6. The highest BCUT2D eigenvalue weighted by Gasteiger charge is 2.37. The van der Waals surface area contributed by atoms with Crippen molar-refractivity contribution in [3.63, 3.8) is 0 Å². The van der Waals surface area contributed by atoms with Gasteiger partial charge in [-0.15, -0.1) is 0 Å². The van der Waals surface area contributed by atoms with Crippen molar-refractivity contribution in [1.29, 1.82) is 0 Å².